The Morgan fingerprint density at radius 2 is 1.94 bits per heavy atom. The molecule has 1 aromatic carbocycles. The van der Waals surface area contributed by atoms with Crippen molar-refractivity contribution in [1.82, 2.24) is 24.1 Å². The molecule has 0 aliphatic heterocycles. The highest BCUT2D eigenvalue weighted by Gasteiger charge is 2.59. The number of rotatable bonds is 3. The Bertz CT molecular complexity index is 1560. The van der Waals surface area contributed by atoms with Crippen molar-refractivity contribution in [3.63, 3.8) is 0 Å². The van der Waals surface area contributed by atoms with Gasteiger partial charge in [-0.3, -0.25) is 9.67 Å². The van der Waals surface area contributed by atoms with Gasteiger partial charge in [0.15, 0.2) is 0 Å². The van der Waals surface area contributed by atoms with Gasteiger partial charge in [-0.05, 0) is 56.4 Å². The molecule has 7 heteroatoms. The van der Waals surface area contributed by atoms with Crippen molar-refractivity contribution in [3.8, 4) is 22.4 Å². The third kappa shape index (κ3) is 2.76. The number of aryl methyl sites for hydroxylation is 1. The van der Waals surface area contributed by atoms with E-state index in [1.165, 1.54) is 25.7 Å². The first-order valence-electron chi connectivity index (χ1n) is 11.3. The Kier molecular flexibility index (Phi) is 4.04. The molecule has 0 amide bonds. The number of pyridine rings is 2. The van der Waals surface area contributed by atoms with E-state index in [-0.39, 0.29) is 5.54 Å². The van der Waals surface area contributed by atoms with Crippen molar-refractivity contribution in [2.75, 3.05) is 0 Å². The minimum absolute atomic E-state index is 0.277. The molecule has 7 rings (SSSR count). The van der Waals surface area contributed by atoms with Crippen molar-refractivity contribution in [1.29, 1.82) is 0 Å². The van der Waals surface area contributed by atoms with Crippen LogP contribution in [0.3, 0.4) is 0 Å². The maximum absolute atomic E-state index is 6.50. The zero-order valence-corrected chi connectivity index (χ0v) is 19.6. The second kappa shape index (κ2) is 6.81. The molecule has 164 valence electrons. The first-order chi connectivity index (χ1) is 16.0. The molecule has 33 heavy (non-hydrogen) atoms. The van der Waals surface area contributed by atoms with Gasteiger partial charge in [0, 0.05) is 46.4 Å². The molecule has 5 nitrogen and oxygen atoms in total. The Morgan fingerprint density at radius 1 is 1.09 bits per heavy atom. The van der Waals surface area contributed by atoms with Crippen LogP contribution in [-0.2, 0) is 5.54 Å². The van der Waals surface area contributed by atoms with Crippen LogP contribution in [0.2, 0.25) is 10.0 Å². The number of benzene rings is 1. The van der Waals surface area contributed by atoms with Gasteiger partial charge in [0.1, 0.15) is 5.65 Å². The van der Waals surface area contributed by atoms with Crippen LogP contribution in [-0.4, -0.2) is 24.1 Å². The molecule has 2 aliphatic rings. The molecule has 4 aromatic heterocycles. The molecule has 0 saturated heterocycles. The monoisotopic (exact) mass is 473 g/mol. The summed E-state index contributed by atoms with van der Waals surface area (Å²) in [7, 11) is 0. The lowest BCUT2D eigenvalue weighted by Gasteiger charge is -2.12. The SMILES string of the molecule is Cc1c(-c2c(Cl)cccc2Cl)nc2c3cc(-c4cnn(C56CCCC5C6)c4)cnc3ccn12. The summed E-state index contributed by atoms with van der Waals surface area (Å²) in [5.74, 6) is 0.808. The molecule has 2 fully saturated rings. The molecule has 5 aromatic rings. The van der Waals surface area contributed by atoms with Gasteiger partial charge >= 0.3 is 0 Å². The molecule has 0 bridgehead atoms. The second-order valence-electron chi connectivity index (χ2n) is 9.38. The minimum atomic E-state index is 0.277. The number of imidazole rings is 1. The second-order valence-corrected chi connectivity index (χ2v) is 10.2. The largest absolute Gasteiger partial charge is 0.303 e. The minimum Gasteiger partial charge on any atom is -0.303 e. The van der Waals surface area contributed by atoms with Crippen LogP contribution in [0.15, 0.2) is 55.1 Å². The molecule has 2 saturated carbocycles. The number of hydrogen-bond donors (Lipinski definition) is 0. The van der Waals surface area contributed by atoms with Gasteiger partial charge in [-0.2, -0.15) is 5.10 Å². The Balaban J connectivity index is 1.38. The summed E-state index contributed by atoms with van der Waals surface area (Å²) >= 11 is 13.0. The summed E-state index contributed by atoms with van der Waals surface area (Å²) in [5, 5.41) is 6.92. The number of aromatic nitrogens is 5. The van der Waals surface area contributed by atoms with E-state index < -0.39 is 0 Å². The molecular formula is C26H21Cl2N5. The molecule has 2 unspecified atom stereocenters. The first kappa shape index (κ1) is 19.6. The van der Waals surface area contributed by atoms with Crippen molar-refractivity contribution in [3.05, 3.63) is 70.9 Å². The highest BCUT2D eigenvalue weighted by molar-refractivity contribution is 6.39. The van der Waals surface area contributed by atoms with Crippen molar-refractivity contribution in [2.45, 2.75) is 38.1 Å². The summed E-state index contributed by atoms with van der Waals surface area (Å²) in [5.41, 5.74) is 6.69. The molecule has 0 N–H and O–H groups in total. The predicted molar refractivity (Wildman–Crippen MR) is 132 cm³/mol. The third-order valence-corrected chi connectivity index (χ3v) is 8.25. The molecule has 0 spiro atoms. The van der Waals surface area contributed by atoms with Crippen LogP contribution >= 0.6 is 23.2 Å². The highest BCUT2D eigenvalue weighted by atomic mass is 35.5. The molecule has 4 heterocycles. The number of halogens is 2. The van der Waals surface area contributed by atoms with Crippen molar-refractivity contribution < 1.29 is 0 Å². The van der Waals surface area contributed by atoms with Crippen LogP contribution in [0, 0.1) is 12.8 Å². The Hall–Kier alpha value is -2.89. The van der Waals surface area contributed by atoms with Gasteiger partial charge in [-0.15, -0.1) is 0 Å². The summed E-state index contributed by atoms with van der Waals surface area (Å²) in [4.78, 5) is 9.73. The van der Waals surface area contributed by atoms with E-state index in [4.69, 9.17) is 38.3 Å². The predicted octanol–water partition coefficient (Wildman–Crippen LogP) is 6.93. The molecule has 2 atom stereocenters. The molecule has 2 aliphatic carbocycles. The van der Waals surface area contributed by atoms with E-state index in [1.54, 1.807) is 0 Å². The van der Waals surface area contributed by atoms with Crippen molar-refractivity contribution in [2.24, 2.45) is 5.92 Å². The van der Waals surface area contributed by atoms with E-state index in [9.17, 15) is 0 Å². The van der Waals surface area contributed by atoms with Gasteiger partial charge in [-0.1, -0.05) is 35.7 Å². The zero-order chi connectivity index (χ0) is 22.3. The van der Waals surface area contributed by atoms with Crippen LogP contribution in [0.5, 0.6) is 0 Å². The van der Waals surface area contributed by atoms with Gasteiger partial charge in [-0.25, -0.2) is 4.98 Å². The first-order valence-corrected chi connectivity index (χ1v) is 12.1. The standard InChI is InChI=1S/C26H21Cl2N5/c1-15-24(23-20(27)5-2-6-21(23)28)31-25-19-10-16(12-29-22(19)7-9-32(15)25)17-13-30-33(14-17)26-8-3-4-18(26)11-26/h2,5-7,9-10,12-14,18H,3-4,8,11H2,1H3. The summed E-state index contributed by atoms with van der Waals surface area (Å²) in [6.07, 6.45) is 13.3. The van der Waals surface area contributed by atoms with Gasteiger partial charge in [0.2, 0.25) is 0 Å². The van der Waals surface area contributed by atoms with E-state index in [1.807, 2.05) is 49.8 Å². The van der Waals surface area contributed by atoms with E-state index >= 15 is 0 Å². The van der Waals surface area contributed by atoms with Crippen LogP contribution in [0.1, 0.15) is 31.4 Å². The Labute approximate surface area is 201 Å². The van der Waals surface area contributed by atoms with Crippen LogP contribution < -0.4 is 0 Å². The fourth-order valence-corrected chi connectivity index (χ4v) is 6.32. The Morgan fingerprint density at radius 3 is 2.70 bits per heavy atom. The lowest BCUT2D eigenvalue weighted by molar-refractivity contribution is 0.415. The quantitative estimate of drug-likeness (QED) is 0.285. The number of fused-ring (bicyclic) bond motifs is 4. The fourth-order valence-electron chi connectivity index (χ4n) is 5.75. The average Bonchev–Trinajstić information content (AvgIpc) is 3.19. The summed E-state index contributed by atoms with van der Waals surface area (Å²) < 4.78 is 4.29. The van der Waals surface area contributed by atoms with E-state index in [0.29, 0.717) is 10.0 Å². The lowest BCUT2D eigenvalue weighted by Crippen LogP contribution is -2.16. The van der Waals surface area contributed by atoms with E-state index in [0.717, 1.165) is 50.5 Å². The number of hydrogen-bond acceptors (Lipinski definition) is 3. The van der Waals surface area contributed by atoms with Crippen LogP contribution in [0.25, 0.3) is 38.9 Å². The lowest BCUT2D eigenvalue weighted by atomic mass is 10.1. The number of nitrogens with zero attached hydrogens (tertiary/aromatic N) is 5. The summed E-state index contributed by atoms with van der Waals surface area (Å²) in [6.45, 7) is 2.04. The third-order valence-electron chi connectivity index (χ3n) is 7.62. The summed E-state index contributed by atoms with van der Waals surface area (Å²) in [6, 6.07) is 9.72. The highest BCUT2D eigenvalue weighted by Crippen LogP contribution is 2.61. The van der Waals surface area contributed by atoms with Crippen molar-refractivity contribution >= 4 is 39.8 Å². The zero-order valence-electron chi connectivity index (χ0n) is 18.1. The maximum Gasteiger partial charge on any atom is 0.147 e. The van der Waals surface area contributed by atoms with Gasteiger partial charge < -0.3 is 4.40 Å². The smallest absolute Gasteiger partial charge is 0.147 e. The molecule has 0 radical (unpaired) electrons. The topological polar surface area (TPSA) is 48.0 Å². The van der Waals surface area contributed by atoms with Gasteiger partial charge in [0.05, 0.1) is 33.0 Å². The maximum atomic E-state index is 6.50. The fraction of sp³-hybridized carbons (Fsp3) is 0.269. The normalized spacial score (nSPS) is 21.7. The van der Waals surface area contributed by atoms with Gasteiger partial charge in [0.25, 0.3) is 0 Å². The average molecular weight is 474 g/mol. The van der Waals surface area contributed by atoms with E-state index in [2.05, 4.69) is 21.3 Å². The van der Waals surface area contributed by atoms with Crippen LogP contribution in [0.4, 0.5) is 0 Å². The molecular weight excluding hydrogens is 453 g/mol.